The highest BCUT2D eigenvalue weighted by molar-refractivity contribution is 5.23. The Morgan fingerprint density at radius 1 is 1.11 bits per heavy atom. The fourth-order valence-electron chi connectivity index (χ4n) is 2.08. The first-order valence-electron chi connectivity index (χ1n) is 7.10. The monoisotopic (exact) mass is 249 g/mol. The Morgan fingerprint density at radius 3 is 2.33 bits per heavy atom. The van der Waals surface area contributed by atoms with Crippen LogP contribution in [-0.4, -0.2) is 26.3 Å². The average molecular weight is 249 g/mol. The summed E-state index contributed by atoms with van der Waals surface area (Å²) in [4.78, 5) is 0. The summed E-state index contributed by atoms with van der Waals surface area (Å²) in [6.07, 6.45) is 4.46. The molecule has 1 rings (SSSR count). The minimum atomic E-state index is 0.525. The lowest BCUT2D eigenvalue weighted by Crippen LogP contribution is -2.32. The summed E-state index contributed by atoms with van der Waals surface area (Å²) < 4.78 is 5.19. The molecule has 1 unspecified atom stereocenters. The third-order valence-corrected chi connectivity index (χ3v) is 3.27. The van der Waals surface area contributed by atoms with E-state index >= 15 is 0 Å². The van der Waals surface area contributed by atoms with Crippen LogP contribution in [0.1, 0.15) is 37.8 Å². The summed E-state index contributed by atoms with van der Waals surface area (Å²) in [5.74, 6) is 0. The van der Waals surface area contributed by atoms with Crippen molar-refractivity contribution < 1.29 is 4.74 Å². The van der Waals surface area contributed by atoms with E-state index in [0.717, 1.165) is 32.4 Å². The number of nitrogens with one attached hydrogen (secondary N) is 1. The lowest BCUT2D eigenvalue weighted by Gasteiger charge is -2.18. The van der Waals surface area contributed by atoms with Gasteiger partial charge in [-0.3, -0.25) is 0 Å². The predicted molar refractivity (Wildman–Crippen MR) is 78.1 cm³/mol. The van der Waals surface area contributed by atoms with Crippen molar-refractivity contribution in [3.63, 3.8) is 0 Å². The number of rotatable bonds is 9. The number of hydrogen-bond acceptors (Lipinski definition) is 2. The smallest absolute Gasteiger partial charge is 0.0477 e. The quantitative estimate of drug-likeness (QED) is 0.725. The van der Waals surface area contributed by atoms with Gasteiger partial charge in [0.15, 0.2) is 0 Å². The van der Waals surface area contributed by atoms with Crippen LogP contribution in [0.3, 0.4) is 0 Å². The number of methoxy groups -OCH3 is 1. The van der Waals surface area contributed by atoms with Crippen molar-refractivity contribution in [1.29, 1.82) is 0 Å². The molecular weight excluding hydrogens is 222 g/mol. The second-order valence-corrected chi connectivity index (χ2v) is 4.81. The Kier molecular flexibility index (Phi) is 7.70. The third kappa shape index (κ3) is 5.65. The van der Waals surface area contributed by atoms with Gasteiger partial charge in [-0.1, -0.05) is 38.1 Å². The lowest BCUT2D eigenvalue weighted by molar-refractivity contribution is 0.182. The van der Waals surface area contributed by atoms with Gasteiger partial charge >= 0.3 is 0 Å². The van der Waals surface area contributed by atoms with Gasteiger partial charge in [-0.05, 0) is 43.4 Å². The molecule has 0 amide bonds. The molecule has 0 heterocycles. The summed E-state index contributed by atoms with van der Waals surface area (Å²) in [7, 11) is 1.77. The molecule has 0 saturated carbocycles. The zero-order valence-corrected chi connectivity index (χ0v) is 12.0. The van der Waals surface area contributed by atoms with Gasteiger partial charge in [-0.25, -0.2) is 0 Å². The molecule has 0 aromatic heterocycles. The van der Waals surface area contributed by atoms with E-state index in [-0.39, 0.29) is 0 Å². The summed E-state index contributed by atoms with van der Waals surface area (Å²) in [6, 6.07) is 9.52. The number of hydrogen-bond donors (Lipinski definition) is 1. The third-order valence-electron chi connectivity index (χ3n) is 3.27. The molecule has 1 N–H and O–H groups in total. The van der Waals surface area contributed by atoms with Gasteiger partial charge < -0.3 is 10.1 Å². The molecular formula is C16H27NO. The van der Waals surface area contributed by atoms with Crippen molar-refractivity contribution in [2.45, 2.75) is 45.6 Å². The van der Waals surface area contributed by atoms with Crippen LogP contribution in [-0.2, 0) is 17.6 Å². The van der Waals surface area contributed by atoms with Crippen LogP contribution in [0.2, 0.25) is 0 Å². The van der Waals surface area contributed by atoms with Crippen molar-refractivity contribution in [2.75, 3.05) is 20.3 Å². The first-order valence-corrected chi connectivity index (χ1v) is 7.10. The number of aryl methyl sites for hydroxylation is 1. The van der Waals surface area contributed by atoms with Crippen molar-refractivity contribution >= 4 is 0 Å². The van der Waals surface area contributed by atoms with Gasteiger partial charge in [-0.2, -0.15) is 0 Å². The SMILES string of the molecule is CCCNC(CCOC)Cc1ccc(CC)cc1. The maximum Gasteiger partial charge on any atom is 0.0477 e. The van der Waals surface area contributed by atoms with E-state index in [0.29, 0.717) is 6.04 Å². The molecule has 2 nitrogen and oxygen atoms in total. The normalized spacial score (nSPS) is 12.6. The zero-order valence-electron chi connectivity index (χ0n) is 12.0. The van der Waals surface area contributed by atoms with Crippen LogP contribution >= 0.6 is 0 Å². The summed E-state index contributed by atoms with van der Waals surface area (Å²) in [5.41, 5.74) is 2.82. The predicted octanol–water partition coefficient (Wildman–Crippen LogP) is 3.20. The molecule has 1 aromatic carbocycles. The molecule has 0 bridgehead atoms. The molecule has 0 fully saturated rings. The van der Waals surface area contributed by atoms with Crippen molar-refractivity contribution in [1.82, 2.24) is 5.32 Å². The first-order chi connectivity index (χ1) is 8.80. The molecule has 0 aliphatic rings. The first kappa shape index (κ1) is 15.2. The van der Waals surface area contributed by atoms with Crippen LogP contribution in [0.15, 0.2) is 24.3 Å². The van der Waals surface area contributed by atoms with Crippen LogP contribution in [0.4, 0.5) is 0 Å². The van der Waals surface area contributed by atoms with Crippen LogP contribution in [0.25, 0.3) is 0 Å². The Morgan fingerprint density at radius 2 is 1.78 bits per heavy atom. The molecule has 2 heteroatoms. The Bertz CT molecular complexity index is 299. The maximum atomic E-state index is 5.19. The van der Waals surface area contributed by atoms with Crippen molar-refractivity contribution in [2.24, 2.45) is 0 Å². The summed E-state index contributed by atoms with van der Waals surface area (Å²) in [5, 5.41) is 3.60. The Hall–Kier alpha value is -0.860. The van der Waals surface area contributed by atoms with E-state index in [1.54, 1.807) is 7.11 Å². The highest BCUT2D eigenvalue weighted by Crippen LogP contribution is 2.09. The molecule has 0 aliphatic carbocycles. The fourth-order valence-corrected chi connectivity index (χ4v) is 2.08. The second kappa shape index (κ2) is 9.12. The highest BCUT2D eigenvalue weighted by Gasteiger charge is 2.08. The van der Waals surface area contributed by atoms with E-state index in [4.69, 9.17) is 4.74 Å². The molecule has 0 radical (unpaired) electrons. The maximum absolute atomic E-state index is 5.19. The standard InChI is InChI=1S/C16H27NO/c1-4-11-17-16(10-12-18-3)13-15-8-6-14(5-2)7-9-15/h6-9,16-17H,4-5,10-13H2,1-3H3. The summed E-state index contributed by atoms with van der Waals surface area (Å²) >= 11 is 0. The van der Waals surface area contributed by atoms with Crippen molar-refractivity contribution in [3.05, 3.63) is 35.4 Å². The topological polar surface area (TPSA) is 21.3 Å². The molecule has 18 heavy (non-hydrogen) atoms. The van der Waals surface area contributed by atoms with E-state index in [9.17, 15) is 0 Å². The number of ether oxygens (including phenoxy) is 1. The van der Waals surface area contributed by atoms with Gasteiger partial charge in [-0.15, -0.1) is 0 Å². The Labute approximate surface area is 112 Å². The van der Waals surface area contributed by atoms with Gasteiger partial charge in [0, 0.05) is 19.8 Å². The average Bonchev–Trinajstić information content (AvgIpc) is 2.42. The van der Waals surface area contributed by atoms with Crippen LogP contribution in [0, 0.1) is 0 Å². The zero-order chi connectivity index (χ0) is 13.2. The van der Waals surface area contributed by atoms with E-state index in [2.05, 4.69) is 43.4 Å². The van der Waals surface area contributed by atoms with Crippen LogP contribution in [0.5, 0.6) is 0 Å². The number of benzene rings is 1. The molecule has 102 valence electrons. The minimum absolute atomic E-state index is 0.525. The van der Waals surface area contributed by atoms with Crippen molar-refractivity contribution in [3.8, 4) is 0 Å². The Balaban J connectivity index is 2.51. The molecule has 1 atom stereocenters. The molecule has 1 aromatic rings. The van der Waals surface area contributed by atoms with Gasteiger partial charge in [0.25, 0.3) is 0 Å². The minimum Gasteiger partial charge on any atom is -0.385 e. The molecule has 0 aliphatic heterocycles. The van der Waals surface area contributed by atoms with E-state index < -0.39 is 0 Å². The van der Waals surface area contributed by atoms with Gasteiger partial charge in [0.1, 0.15) is 0 Å². The van der Waals surface area contributed by atoms with Gasteiger partial charge in [0.2, 0.25) is 0 Å². The molecule has 0 saturated heterocycles. The largest absolute Gasteiger partial charge is 0.385 e. The van der Waals surface area contributed by atoms with E-state index in [1.165, 1.54) is 17.5 Å². The fraction of sp³-hybridized carbons (Fsp3) is 0.625. The highest BCUT2D eigenvalue weighted by atomic mass is 16.5. The van der Waals surface area contributed by atoms with Gasteiger partial charge in [0.05, 0.1) is 0 Å². The molecule has 0 spiro atoms. The van der Waals surface area contributed by atoms with E-state index in [1.807, 2.05) is 0 Å². The lowest BCUT2D eigenvalue weighted by atomic mass is 10.0. The summed E-state index contributed by atoms with van der Waals surface area (Å²) in [6.45, 7) is 6.31. The van der Waals surface area contributed by atoms with Crippen LogP contribution < -0.4 is 5.32 Å². The second-order valence-electron chi connectivity index (χ2n) is 4.81.